The fraction of sp³-hybridized carbons (Fsp3) is 0.615. The molecule has 5 unspecified atom stereocenters. The fourth-order valence-electron chi connectivity index (χ4n) is 6.42. The molecule has 3 rings (SSSR count). The summed E-state index contributed by atoms with van der Waals surface area (Å²) in [5.41, 5.74) is 1.51. The first-order valence-electron chi connectivity index (χ1n) is 17.6. The molecule has 0 fully saturated rings. The average Bonchev–Trinajstić information content (AvgIpc) is 3.61. The van der Waals surface area contributed by atoms with Gasteiger partial charge in [0.2, 0.25) is 0 Å². The van der Waals surface area contributed by atoms with E-state index in [1.807, 2.05) is 0 Å². The van der Waals surface area contributed by atoms with Gasteiger partial charge in [-0.05, 0) is 58.1 Å². The number of methoxy groups -OCH3 is 1. The molecular weight excluding hydrogens is 596 g/mol. The zero-order chi connectivity index (χ0) is 34.3. The molecule has 0 spiro atoms. The van der Waals surface area contributed by atoms with Gasteiger partial charge < -0.3 is 23.7 Å². The third-order valence-corrected chi connectivity index (χ3v) is 9.19. The summed E-state index contributed by atoms with van der Waals surface area (Å²) in [5, 5.41) is 11.7. The van der Waals surface area contributed by atoms with Gasteiger partial charge in [-0.15, -0.1) is 0 Å². The molecule has 1 aromatic rings. The van der Waals surface area contributed by atoms with Crippen molar-refractivity contribution in [3.8, 4) is 0 Å². The van der Waals surface area contributed by atoms with E-state index in [1.165, 1.54) is 52.1 Å². The van der Waals surface area contributed by atoms with Crippen molar-refractivity contribution in [3.63, 3.8) is 0 Å². The Morgan fingerprint density at radius 3 is 2.17 bits per heavy atom. The van der Waals surface area contributed by atoms with Crippen LogP contribution in [0.1, 0.15) is 138 Å². The number of furan rings is 1. The van der Waals surface area contributed by atoms with Gasteiger partial charge in [0.15, 0.2) is 6.10 Å². The van der Waals surface area contributed by atoms with Crippen LogP contribution in [0.5, 0.6) is 0 Å². The van der Waals surface area contributed by atoms with E-state index >= 15 is 0 Å². The summed E-state index contributed by atoms with van der Waals surface area (Å²) in [7, 11) is 1.28. The number of hydrogen-bond acceptors (Lipinski definition) is 8. The van der Waals surface area contributed by atoms with E-state index in [4.69, 9.17) is 18.6 Å². The number of carbonyl (C=O) groups excluding carboxylic acids is 3. The van der Waals surface area contributed by atoms with E-state index in [0.29, 0.717) is 29.1 Å². The van der Waals surface area contributed by atoms with E-state index in [-0.39, 0.29) is 24.0 Å². The number of carbonyl (C=O) groups is 3. The summed E-state index contributed by atoms with van der Waals surface area (Å²) in [6.45, 7) is 13.9. The highest BCUT2D eigenvalue weighted by Gasteiger charge is 2.45. The number of unbranched alkanes of at least 4 members (excludes halogenated alkanes) is 11. The van der Waals surface area contributed by atoms with Gasteiger partial charge in [-0.3, -0.25) is 4.79 Å². The number of allylic oxidation sites excluding steroid dienone is 2. The van der Waals surface area contributed by atoms with Crippen molar-refractivity contribution < 1.29 is 38.1 Å². The lowest BCUT2D eigenvalue weighted by Crippen LogP contribution is -2.41. The molecule has 2 aliphatic heterocycles. The largest absolute Gasteiger partial charge is 0.465 e. The highest BCUT2D eigenvalue weighted by atomic mass is 16.6. The zero-order valence-corrected chi connectivity index (χ0v) is 29.0. The number of esters is 3. The van der Waals surface area contributed by atoms with Gasteiger partial charge in [0, 0.05) is 18.8 Å². The first-order valence-corrected chi connectivity index (χ1v) is 17.6. The van der Waals surface area contributed by atoms with E-state index in [0.717, 1.165) is 32.1 Å². The predicted molar refractivity (Wildman–Crippen MR) is 183 cm³/mol. The lowest BCUT2D eigenvalue weighted by Gasteiger charge is -2.30. The van der Waals surface area contributed by atoms with Crippen LogP contribution in [0, 0.1) is 5.92 Å². The molecule has 3 heterocycles. The van der Waals surface area contributed by atoms with E-state index in [1.54, 1.807) is 26.0 Å². The quantitative estimate of drug-likeness (QED) is 0.0684. The number of aliphatic hydroxyl groups excluding tert-OH is 1. The van der Waals surface area contributed by atoms with Gasteiger partial charge in [-0.2, -0.15) is 0 Å². The van der Waals surface area contributed by atoms with E-state index < -0.39 is 48.1 Å². The molecule has 260 valence electrons. The molecule has 8 heteroatoms. The summed E-state index contributed by atoms with van der Waals surface area (Å²) in [4.78, 5) is 39.0. The maximum absolute atomic E-state index is 13.2. The van der Waals surface area contributed by atoms with Crippen molar-refractivity contribution in [1.29, 1.82) is 0 Å². The van der Waals surface area contributed by atoms with Crippen LogP contribution in [0.3, 0.4) is 0 Å². The minimum atomic E-state index is -1.34. The second-order valence-electron chi connectivity index (χ2n) is 13.2. The molecule has 0 saturated heterocycles. The number of fused-ring (bicyclic) bond motifs is 3. The second-order valence-corrected chi connectivity index (χ2v) is 13.2. The Morgan fingerprint density at radius 1 is 0.957 bits per heavy atom. The third-order valence-electron chi connectivity index (χ3n) is 9.19. The first-order chi connectivity index (χ1) is 22.6. The maximum Gasteiger partial charge on any atom is 0.341 e. The topological polar surface area (TPSA) is 112 Å². The molecule has 1 N–H and O–H groups in total. The lowest BCUT2D eigenvalue weighted by molar-refractivity contribution is -0.156. The van der Waals surface area contributed by atoms with E-state index in [9.17, 15) is 19.5 Å². The molecule has 2 aliphatic rings. The Hall–Kier alpha value is -3.39. The standard InChI is InChI=1S/C39H56O8/c1-7-8-9-10-11-12-13-14-15-16-17-18-19-20-21-22-34(40)47-37-30-25-33(46-39(30)43)35(27(4)5)32-24-29(38(42)44-6)31(45-32)23-28(26(2)3)36(37)41/h14-15,24-25,28,33,35-37,41H,2,4,7-13,16-23H2,1,3,5-6H3. The second kappa shape index (κ2) is 19.4. The van der Waals surface area contributed by atoms with Crippen molar-refractivity contribution >= 4 is 17.9 Å². The molecule has 5 atom stereocenters. The minimum absolute atomic E-state index is 0.0819. The SMILES string of the molecule is C=C(C)C1Cc2oc(cc2C(=O)OC)C(C(=C)C)C2C=C(C(=O)O2)C(OC(=O)CCCCCCCC=CCCCCCCCC)C1O. The highest BCUT2D eigenvalue weighted by Crippen LogP contribution is 2.40. The van der Waals surface area contributed by atoms with Crippen molar-refractivity contribution in [2.75, 3.05) is 7.11 Å². The molecular formula is C39H56O8. The lowest BCUT2D eigenvalue weighted by atomic mass is 9.84. The highest BCUT2D eigenvalue weighted by molar-refractivity contribution is 5.93. The molecule has 0 aromatic carbocycles. The Bertz CT molecular complexity index is 1280. The van der Waals surface area contributed by atoms with Crippen LogP contribution in [-0.4, -0.2) is 48.4 Å². The van der Waals surface area contributed by atoms with Crippen LogP contribution >= 0.6 is 0 Å². The molecule has 0 amide bonds. The smallest absolute Gasteiger partial charge is 0.341 e. The molecule has 1 aromatic heterocycles. The molecule has 4 bridgehead atoms. The first kappa shape index (κ1) is 38.1. The Labute approximate surface area is 281 Å². The van der Waals surface area contributed by atoms with Gasteiger partial charge in [-0.1, -0.05) is 94.7 Å². The average molecular weight is 653 g/mol. The van der Waals surface area contributed by atoms with Crippen LogP contribution in [0.4, 0.5) is 0 Å². The van der Waals surface area contributed by atoms with Gasteiger partial charge >= 0.3 is 17.9 Å². The summed E-state index contributed by atoms with van der Waals surface area (Å²) < 4.78 is 22.7. The third kappa shape index (κ3) is 11.1. The minimum Gasteiger partial charge on any atom is -0.465 e. The number of hydrogen-bond donors (Lipinski definition) is 1. The van der Waals surface area contributed by atoms with Gasteiger partial charge in [0.25, 0.3) is 0 Å². The number of rotatable bonds is 19. The Balaban J connectivity index is 1.59. The van der Waals surface area contributed by atoms with Crippen molar-refractivity contribution in [1.82, 2.24) is 0 Å². The van der Waals surface area contributed by atoms with Gasteiger partial charge in [-0.25, -0.2) is 9.59 Å². The van der Waals surface area contributed by atoms with Crippen LogP contribution < -0.4 is 0 Å². The predicted octanol–water partition coefficient (Wildman–Crippen LogP) is 8.64. The number of ether oxygens (including phenoxy) is 3. The Kier molecular flexibility index (Phi) is 15.7. The molecule has 0 radical (unpaired) electrons. The van der Waals surface area contributed by atoms with Crippen molar-refractivity contribution in [2.24, 2.45) is 5.92 Å². The fourth-order valence-corrected chi connectivity index (χ4v) is 6.42. The van der Waals surface area contributed by atoms with Crippen molar-refractivity contribution in [2.45, 2.75) is 141 Å². The van der Waals surface area contributed by atoms with Crippen LogP contribution in [-0.2, 0) is 30.2 Å². The monoisotopic (exact) mass is 652 g/mol. The molecule has 8 nitrogen and oxygen atoms in total. The van der Waals surface area contributed by atoms with Crippen LogP contribution in [0.2, 0.25) is 0 Å². The molecule has 0 aliphatic carbocycles. The van der Waals surface area contributed by atoms with E-state index in [2.05, 4.69) is 32.2 Å². The normalized spacial score (nSPS) is 22.4. The van der Waals surface area contributed by atoms with Crippen molar-refractivity contribution in [3.05, 3.63) is 71.3 Å². The molecule has 0 saturated carbocycles. The van der Waals surface area contributed by atoms with Crippen LogP contribution in [0.25, 0.3) is 0 Å². The summed E-state index contributed by atoms with van der Waals surface area (Å²) in [6.07, 6.45) is 18.0. The summed E-state index contributed by atoms with van der Waals surface area (Å²) >= 11 is 0. The van der Waals surface area contributed by atoms with Gasteiger partial charge in [0.1, 0.15) is 29.3 Å². The summed E-state index contributed by atoms with van der Waals surface area (Å²) in [6, 6.07) is 1.58. The Morgan fingerprint density at radius 2 is 1.57 bits per heavy atom. The maximum atomic E-state index is 13.2. The zero-order valence-electron chi connectivity index (χ0n) is 29.0. The molecule has 47 heavy (non-hydrogen) atoms. The van der Waals surface area contributed by atoms with Gasteiger partial charge in [0.05, 0.1) is 18.6 Å². The summed E-state index contributed by atoms with van der Waals surface area (Å²) in [5.74, 6) is -2.38. The van der Waals surface area contributed by atoms with Crippen LogP contribution in [0.15, 0.2) is 58.6 Å². The number of aliphatic hydroxyl groups is 1.